The topological polar surface area (TPSA) is 58.4 Å². The van der Waals surface area contributed by atoms with Crippen LogP contribution in [0.2, 0.25) is 10.0 Å². The molecule has 0 atom stereocenters. The first kappa shape index (κ1) is 17.9. The van der Waals surface area contributed by atoms with Gasteiger partial charge in [0, 0.05) is 23.8 Å². The SMILES string of the molecule is Cc1cc(N)c(NC(=O)c2ccc(Cl)cc2Cl)cc1N1CCCCC1. The monoisotopic (exact) mass is 377 g/mol. The molecule has 6 heteroatoms. The number of halogens is 2. The quantitative estimate of drug-likeness (QED) is 0.729. The van der Waals surface area contributed by atoms with Crippen LogP contribution in [-0.4, -0.2) is 19.0 Å². The first-order chi connectivity index (χ1) is 12.0. The van der Waals surface area contributed by atoms with Gasteiger partial charge in [-0.3, -0.25) is 4.79 Å². The molecule has 0 spiro atoms. The molecule has 4 nitrogen and oxygen atoms in total. The molecule has 2 aromatic carbocycles. The molecule has 0 aromatic heterocycles. The number of benzene rings is 2. The van der Waals surface area contributed by atoms with E-state index < -0.39 is 0 Å². The Morgan fingerprint density at radius 3 is 2.52 bits per heavy atom. The third-order valence-corrected chi connectivity index (χ3v) is 5.04. The highest BCUT2D eigenvalue weighted by molar-refractivity contribution is 6.37. The number of carbonyl (C=O) groups is 1. The summed E-state index contributed by atoms with van der Waals surface area (Å²) in [7, 11) is 0. The van der Waals surface area contributed by atoms with Crippen molar-refractivity contribution in [3.05, 3.63) is 51.5 Å². The molecule has 1 saturated heterocycles. The number of aryl methyl sites for hydroxylation is 1. The van der Waals surface area contributed by atoms with Gasteiger partial charge in [-0.05, 0) is 62.1 Å². The minimum Gasteiger partial charge on any atom is -0.397 e. The van der Waals surface area contributed by atoms with Crippen LogP contribution >= 0.6 is 23.2 Å². The number of nitrogens with two attached hydrogens (primary N) is 1. The highest BCUT2D eigenvalue weighted by atomic mass is 35.5. The summed E-state index contributed by atoms with van der Waals surface area (Å²) in [6.45, 7) is 4.10. The Balaban J connectivity index is 1.87. The lowest BCUT2D eigenvalue weighted by molar-refractivity contribution is 0.102. The fraction of sp³-hybridized carbons (Fsp3) is 0.316. The highest BCUT2D eigenvalue weighted by Gasteiger charge is 2.17. The molecular formula is C19H21Cl2N3O. The Morgan fingerprint density at radius 2 is 1.84 bits per heavy atom. The fourth-order valence-corrected chi connectivity index (χ4v) is 3.66. The summed E-state index contributed by atoms with van der Waals surface area (Å²) < 4.78 is 0. The fourth-order valence-electron chi connectivity index (χ4n) is 3.17. The lowest BCUT2D eigenvalue weighted by Gasteiger charge is -2.31. The number of carbonyl (C=O) groups excluding carboxylic acids is 1. The van der Waals surface area contributed by atoms with E-state index in [-0.39, 0.29) is 5.91 Å². The van der Waals surface area contributed by atoms with Gasteiger partial charge in [-0.1, -0.05) is 23.2 Å². The molecular weight excluding hydrogens is 357 g/mol. The maximum Gasteiger partial charge on any atom is 0.257 e. The van der Waals surface area contributed by atoms with Gasteiger partial charge in [0.2, 0.25) is 0 Å². The molecule has 132 valence electrons. The third-order valence-electron chi connectivity index (χ3n) is 4.49. The number of anilines is 3. The normalized spacial score (nSPS) is 14.4. The Labute approximate surface area is 157 Å². The molecule has 0 radical (unpaired) electrons. The molecule has 25 heavy (non-hydrogen) atoms. The Kier molecular flexibility index (Phi) is 5.40. The second-order valence-electron chi connectivity index (χ2n) is 6.35. The van der Waals surface area contributed by atoms with Crippen molar-refractivity contribution in [3.63, 3.8) is 0 Å². The molecule has 1 amide bonds. The van der Waals surface area contributed by atoms with Crippen molar-refractivity contribution >= 4 is 46.2 Å². The summed E-state index contributed by atoms with van der Waals surface area (Å²) in [5, 5.41) is 3.68. The third kappa shape index (κ3) is 4.02. The number of nitrogens with one attached hydrogen (secondary N) is 1. The molecule has 3 rings (SSSR count). The molecule has 1 fully saturated rings. The maximum absolute atomic E-state index is 12.6. The summed E-state index contributed by atoms with van der Waals surface area (Å²) in [5.41, 5.74) is 9.86. The van der Waals surface area contributed by atoms with Crippen molar-refractivity contribution < 1.29 is 4.79 Å². The summed E-state index contributed by atoms with van der Waals surface area (Å²) >= 11 is 12.0. The predicted octanol–water partition coefficient (Wildman–Crippen LogP) is 5.13. The van der Waals surface area contributed by atoms with E-state index in [9.17, 15) is 4.79 Å². The van der Waals surface area contributed by atoms with Gasteiger partial charge in [-0.2, -0.15) is 0 Å². The molecule has 2 aromatic rings. The van der Waals surface area contributed by atoms with Crippen LogP contribution in [0, 0.1) is 6.92 Å². The van der Waals surface area contributed by atoms with E-state index in [1.165, 1.54) is 19.3 Å². The molecule has 1 aliphatic rings. The Bertz CT molecular complexity index is 801. The van der Waals surface area contributed by atoms with Crippen LogP contribution in [-0.2, 0) is 0 Å². The van der Waals surface area contributed by atoms with Gasteiger partial charge in [0.25, 0.3) is 5.91 Å². The molecule has 3 N–H and O–H groups in total. The first-order valence-electron chi connectivity index (χ1n) is 8.37. The van der Waals surface area contributed by atoms with Gasteiger partial charge in [-0.25, -0.2) is 0 Å². The largest absolute Gasteiger partial charge is 0.397 e. The van der Waals surface area contributed by atoms with Crippen LogP contribution in [0.25, 0.3) is 0 Å². The van der Waals surface area contributed by atoms with E-state index >= 15 is 0 Å². The van der Waals surface area contributed by atoms with Gasteiger partial charge in [0.1, 0.15) is 0 Å². The molecule has 0 unspecified atom stereocenters. The van der Waals surface area contributed by atoms with Crippen molar-refractivity contribution in [1.29, 1.82) is 0 Å². The smallest absolute Gasteiger partial charge is 0.257 e. The van der Waals surface area contributed by atoms with Crippen molar-refractivity contribution in [3.8, 4) is 0 Å². The molecule has 0 bridgehead atoms. The predicted molar refractivity (Wildman–Crippen MR) is 106 cm³/mol. The van der Waals surface area contributed by atoms with E-state index in [0.29, 0.717) is 27.0 Å². The minimum absolute atomic E-state index is 0.304. The second kappa shape index (κ2) is 7.54. The standard InChI is InChI=1S/C19H21Cl2N3O/c1-12-9-16(22)17(11-18(12)24-7-3-2-4-8-24)23-19(25)14-6-5-13(20)10-15(14)21/h5-6,9-11H,2-4,7-8,22H2,1H3,(H,23,25). The number of amides is 1. The average Bonchev–Trinajstić information content (AvgIpc) is 2.58. The number of nitrogen functional groups attached to an aromatic ring is 1. The van der Waals surface area contributed by atoms with E-state index in [1.807, 2.05) is 19.1 Å². The van der Waals surface area contributed by atoms with E-state index in [0.717, 1.165) is 24.3 Å². The molecule has 1 heterocycles. The number of piperidine rings is 1. The van der Waals surface area contributed by atoms with Crippen LogP contribution < -0.4 is 16.0 Å². The van der Waals surface area contributed by atoms with Gasteiger partial charge in [-0.15, -0.1) is 0 Å². The minimum atomic E-state index is -0.304. The van der Waals surface area contributed by atoms with Crippen LogP contribution in [0.15, 0.2) is 30.3 Å². The Hall–Kier alpha value is -1.91. The van der Waals surface area contributed by atoms with Crippen LogP contribution in [0.3, 0.4) is 0 Å². The number of rotatable bonds is 3. The highest BCUT2D eigenvalue weighted by Crippen LogP contribution is 2.32. The number of nitrogens with zero attached hydrogens (tertiary/aromatic N) is 1. The lowest BCUT2D eigenvalue weighted by Crippen LogP contribution is -2.30. The first-order valence-corrected chi connectivity index (χ1v) is 9.13. The van der Waals surface area contributed by atoms with Crippen LogP contribution in [0.5, 0.6) is 0 Å². The van der Waals surface area contributed by atoms with E-state index in [2.05, 4.69) is 10.2 Å². The second-order valence-corrected chi connectivity index (χ2v) is 7.20. The lowest BCUT2D eigenvalue weighted by atomic mass is 10.1. The maximum atomic E-state index is 12.6. The summed E-state index contributed by atoms with van der Waals surface area (Å²) in [4.78, 5) is 14.9. The summed E-state index contributed by atoms with van der Waals surface area (Å²) in [5.74, 6) is -0.304. The van der Waals surface area contributed by atoms with Crippen molar-refractivity contribution in [2.75, 3.05) is 29.0 Å². The van der Waals surface area contributed by atoms with Crippen LogP contribution in [0.4, 0.5) is 17.1 Å². The number of hydrogen-bond donors (Lipinski definition) is 2. The Morgan fingerprint density at radius 1 is 1.12 bits per heavy atom. The zero-order valence-electron chi connectivity index (χ0n) is 14.1. The van der Waals surface area contributed by atoms with Gasteiger partial charge >= 0.3 is 0 Å². The molecule has 1 aliphatic heterocycles. The van der Waals surface area contributed by atoms with E-state index in [1.54, 1.807) is 18.2 Å². The average molecular weight is 378 g/mol. The van der Waals surface area contributed by atoms with Crippen molar-refractivity contribution in [1.82, 2.24) is 0 Å². The summed E-state index contributed by atoms with van der Waals surface area (Å²) in [6, 6.07) is 8.66. The van der Waals surface area contributed by atoms with Gasteiger partial charge in [0.05, 0.1) is 22.0 Å². The summed E-state index contributed by atoms with van der Waals surface area (Å²) in [6.07, 6.45) is 3.64. The molecule has 0 aliphatic carbocycles. The van der Waals surface area contributed by atoms with Gasteiger partial charge < -0.3 is 16.0 Å². The van der Waals surface area contributed by atoms with E-state index in [4.69, 9.17) is 28.9 Å². The van der Waals surface area contributed by atoms with Crippen LogP contribution in [0.1, 0.15) is 35.2 Å². The van der Waals surface area contributed by atoms with Gasteiger partial charge in [0.15, 0.2) is 0 Å². The zero-order chi connectivity index (χ0) is 18.0. The van der Waals surface area contributed by atoms with Crippen molar-refractivity contribution in [2.24, 2.45) is 0 Å². The van der Waals surface area contributed by atoms with Crippen molar-refractivity contribution in [2.45, 2.75) is 26.2 Å². The molecule has 0 saturated carbocycles. The zero-order valence-corrected chi connectivity index (χ0v) is 15.6. The number of hydrogen-bond acceptors (Lipinski definition) is 3.